The Hall–Kier alpha value is -1.88. The smallest absolute Gasteiger partial charge is 0.248 e. The first-order valence-electron chi connectivity index (χ1n) is 6.40. The molecule has 0 spiro atoms. The van der Waals surface area contributed by atoms with Crippen LogP contribution in [0, 0.1) is 5.41 Å². The number of amides is 2. The summed E-state index contributed by atoms with van der Waals surface area (Å²) in [4.78, 5) is 23.2. The van der Waals surface area contributed by atoms with E-state index in [4.69, 9.17) is 11.5 Å². The Morgan fingerprint density at radius 1 is 1.32 bits per heavy atom. The van der Waals surface area contributed by atoms with Crippen molar-refractivity contribution in [1.29, 1.82) is 0 Å². The third-order valence-corrected chi connectivity index (χ3v) is 3.98. The molecular formula is C14H19N3O2. The molecule has 1 aromatic carbocycles. The highest BCUT2D eigenvalue weighted by Crippen LogP contribution is 2.37. The quantitative estimate of drug-likeness (QED) is 0.763. The Labute approximate surface area is 112 Å². The van der Waals surface area contributed by atoms with E-state index in [2.05, 4.69) is 5.32 Å². The predicted octanol–water partition coefficient (Wildman–Crippen LogP) is 1.24. The van der Waals surface area contributed by atoms with Crippen LogP contribution in [0.5, 0.6) is 0 Å². The van der Waals surface area contributed by atoms with Crippen molar-refractivity contribution in [3.8, 4) is 0 Å². The van der Waals surface area contributed by atoms with Gasteiger partial charge in [0.15, 0.2) is 0 Å². The molecule has 0 aliphatic heterocycles. The standard InChI is InChI=1S/C14H19N3O2/c1-14(8-2-3-11(14)15)13(19)17-10-6-4-9(5-7-10)12(16)18/h4-7,11H,2-3,8,15H2,1H3,(H2,16,18)(H,17,19). The first kappa shape index (κ1) is 13.5. The van der Waals surface area contributed by atoms with Crippen molar-refractivity contribution in [3.63, 3.8) is 0 Å². The van der Waals surface area contributed by atoms with Gasteiger partial charge < -0.3 is 16.8 Å². The summed E-state index contributed by atoms with van der Waals surface area (Å²) < 4.78 is 0. The summed E-state index contributed by atoms with van der Waals surface area (Å²) in [6.07, 6.45) is 2.66. The van der Waals surface area contributed by atoms with Crippen LogP contribution in [-0.4, -0.2) is 17.9 Å². The number of benzene rings is 1. The first-order valence-corrected chi connectivity index (χ1v) is 6.40. The average Bonchev–Trinajstić information content (AvgIpc) is 2.71. The summed E-state index contributed by atoms with van der Waals surface area (Å²) >= 11 is 0. The molecule has 1 aliphatic rings. The van der Waals surface area contributed by atoms with Gasteiger partial charge in [-0.05, 0) is 44.0 Å². The van der Waals surface area contributed by atoms with Gasteiger partial charge in [-0.3, -0.25) is 9.59 Å². The SMILES string of the molecule is CC1(C(=O)Nc2ccc(C(N)=O)cc2)CCCC1N. The second kappa shape index (κ2) is 5.01. The Morgan fingerprint density at radius 3 is 2.42 bits per heavy atom. The Morgan fingerprint density at radius 2 is 1.95 bits per heavy atom. The van der Waals surface area contributed by atoms with Gasteiger partial charge >= 0.3 is 0 Å². The minimum Gasteiger partial charge on any atom is -0.366 e. The van der Waals surface area contributed by atoms with Gasteiger partial charge in [0.25, 0.3) is 0 Å². The Balaban J connectivity index is 2.09. The molecule has 19 heavy (non-hydrogen) atoms. The molecule has 1 aromatic rings. The van der Waals surface area contributed by atoms with Gasteiger partial charge in [0.1, 0.15) is 0 Å². The molecule has 1 fully saturated rings. The van der Waals surface area contributed by atoms with Crippen molar-refractivity contribution in [2.45, 2.75) is 32.2 Å². The number of anilines is 1. The molecule has 0 radical (unpaired) electrons. The lowest BCUT2D eigenvalue weighted by atomic mass is 9.84. The average molecular weight is 261 g/mol. The first-order chi connectivity index (χ1) is 8.93. The Kier molecular flexibility index (Phi) is 3.57. The van der Waals surface area contributed by atoms with Crippen LogP contribution in [0.1, 0.15) is 36.5 Å². The van der Waals surface area contributed by atoms with Gasteiger partial charge in [0, 0.05) is 17.3 Å². The number of primary amides is 1. The summed E-state index contributed by atoms with van der Waals surface area (Å²) in [5.41, 5.74) is 11.7. The number of hydrogen-bond acceptors (Lipinski definition) is 3. The molecule has 2 atom stereocenters. The zero-order valence-corrected chi connectivity index (χ0v) is 11.0. The molecule has 5 heteroatoms. The molecule has 5 N–H and O–H groups in total. The molecule has 1 saturated carbocycles. The highest BCUT2D eigenvalue weighted by atomic mass is 16.2. The van der Waals surface area contributed by atoms with Gasteiger partial charge in [-0.15, -0.1) is 0 Å². The minimum absolute atomic E-state index is 0.0654. The van der Waals surface area contributed by atoms with Crippen molar-refractivity contribution in [2.24, 2.45) is 16.9 Å². The third kappa shape index (κ3) is 2.61. The lowest BCUT2D eigenvalue weighted by Gasteiger charge is -2.27. The van der Waals surface area contributed by atoms with Crippen LogP contribution in [0.2, 0.25) is 0 Å². The van der Waals surface area contributed by atoms with E-state index >= 15 is 0 Å². The number of carbonyl (C=O) groups excluding carboxylic acids is 2. The minimum atomic E-state index is -0.512. The fraction of sp³-hybridized carbons (Fsp3) is 0.429. The highest BCUT2D eigenvalue weighted by Gasteiger charge is 2.42. The van der Waals surface area contributed by atoms with Gasteiger partial charge in [0.05, 0.1) is 5.41 Å². The van der Waals surface area contributed by atoms with Gasteiger partial charge in [-0.1, -0.05) is 6.42 Å². The monoisotopic (exact) mass is 261 g/mol. The predicted molar refractivity (Wildman–Crippen MR) is 73.5 cm³/mol. The number of nitrogens with two attached hydrogens (primary N) is 2. The molecule has 0 aromatic heterocycles. The van der Waals surface area contributed by atoms with Crippen molar-refractivity contribution in [1.82, 2.24) is 0 Å². The number of nitrogens with one attached hydrogen (secondary N) is 1. The highest BCUT2D eigenvalue weighted by molar-refractivity contribution is 5.97. The topological polar surface area (TPSA) is 98.2 Å². The fourth-order valence-electron chi connectivity index (χ4n) is 2.47. The van der Waals surface area contributed by atoms with E-state index in [0.29, 0.717) is 11.3 Å². The van der Waals surface area contributed by atoms with Crippen LogP contribution in [-0.2, 0) is 4.79 Å². The maximum absolute atomic E-state index is 12.3. The van der Waals surface area contributed by atoms with Crippen molar-refractivity contribution >= 4 is 17.5 Å². The summed E-state index contributed by atoms with van der Waals surface area (Å²) in [6, 6.07) is 6.42. The summed E-state index contributed by atoms with van der Waals surface area (Å²) in [5.74, 6) is -0.549. The molecule has 0 heterocycles. The number of hydrogen-bond donors (Lipinski definition) is 3. The fourth-order valence-corrected chi connectivity index (χ4v) is 2.47. The maximum atomic E-state index is 12.3. The second-order valence-electron chi connectivity index (χ2n) is 5.31. The van der Waals surface area contributed by atoms with E-state index in [1.165, 1.54) is 0 Å². The summed E-state index contributed by atoms with van der Waals surface area (Å²) in [6.45, 7) is 1.90. The van der Waals surface area contributed by atoms with Gasteiger partial charge in [-0.2, -0.15) is 0 Å². The van der Waals surface area contributed by atoms with E-state index in [-0.39, 0.29) is 11.9 Å². The van der Waals surface area contributed by atoms with E-state index < -0.39 is 11.3 Å². The molecule has 1 aliphatic carbocycles. The van der Waals surface area contributed by atoms with E-state index in [1.807, 2.05) is 6.92 Å². The van der Waals surface area contributed by atoms with E-state index in [9.17, 15) is 9.59 Å². The lowest BCUT2D eigenvalue weighted by molar-refractivity contribution is -0.125. The van der Waals surface area contributed by atoms with Crippen molar-refractivity contribution < 1.29 is 9.59 Å². The molecule has 0 bridgehead atoms. The number of rotatable bonds is 3. The molecule has 102 valence electrons. The van der Waals surface area contributed by atoms with E-state index in [0.717, 1.165) is 19.3 Å². The van der Waals surface area contributed by atoms with Gasteiger partial charge in [0.2, 0.25) is 11.8 Å². The zero-order valence-electron chi connectivity index (χ0n) is 11.0. The largest absolute Gasteiger partial charge is 0.366 e. The molecule has 2 amide bonds. The van der Waals surface area contributed by atoms with Crippen molar-refractivity contribution in [3.05, 3.63) is 29.8 Å². The summed E-state index contributed by atoms with van der Waals surface area (Å²) in [5, 5.41) is 2.85. The lowest BCUT2D eigenvalue weighted by Crippen LogP contribution is -2.44. The normalized spacial score (nSPS) is 26.1. The molecule has 2 unspecified atom stereocenters. The van der Waals surface area contributed by atoms with Crippen LogP contribution in [0.3, 0.4) is 0 Å². The number of carbonyl (C=O) groups is 2. The van der Waals surface area contributed by atoms with Crippen LogP contribution < -0.4 is 16.8 Å². The zero-order chi connectivity index (χ0) is 14.0. The maximum Gasteiger partial charge on any atom is 0.248 e. The van der Waals surface area contributed by atoms with Crippen LogP contribution in [0.15, 0.2) is 24.3 Å². The molecule has 5 nitrogen and oxygen atoms in total. The summed E-state index contributed by atoms with van der Waals surface area (Å²) in [7, 11) is 0. The molecular weight excluding hydrogens is 242 g/mol. The van der Waals surface area contributed by atoms with Gasteiger partial charge in [-0.25, -0.2) is 0 Å². The molecule has 2 rings (SSSR count). The molecule has 0 saturated heterocycles. The van der Waals surface area contributed by atoms with Crippen LogP contribution >= 0.6 is 0 Å². The van der Waals surface area contributed by atoms with Crippen LogP contribution in [0.25, 0.3) is 0 Å². The Bertz CT molecular complexity index is 498. The second-order valence-corrected chi connectivity index (χ2v) is 5.31. The van der Waals surface area contributed by atoms with E-state index in [1.54, 1.807) is 24.3 Å². The van der Waals surface area contributed by atoms with Crippen LogP contribution in [0.4, 0.5) is 5.69 Å². The van der Waals surface area contributed by atoms with Crippen molar-refractivity contribution in [2.75, 3.05) is 5.32 Å². The third-order valence-electron chi connectivity index (χ3n) is 3.98.